The number of rotatable bonds is 1. The molecule has 2 heterocycles. The van der Waals surface area contributed by atoms with Crippen LogP contribution in [0.25, 0.3) is 10.8 Å². The number of halogens is 1. The lowest BCUT2D eigenvalue weighted by atomic mass is 10.1. The van der Waals surface area contributed by atoms with E-state index < -0.39 is 0 Å². The van der Waals surface area contributed by atoms with Crippen molar-refractivity contribution in [2.24, 2.45) is 0 Å². The summed E-state index contributed by atoms with van der Waals surface area (Å²) >= 11 is 6.12. The van der Waals surface area contributed by atoms with Gasteiger partial charge in [0, 0.05) is 17.3 Å². The molecule has 0 N–H and O–H groups in total. The van der Waals surface area contributed by atoms with Crippen molar-refractivity contribution in [1.82, 2.24) is 10.2 Å². The van der Waals surface area contributed by atoms with Crippen LogP contribution in [-0.4, -0.2) is 35.5 Å². The largest absolute Gasteiger partial charge is 0.375 e. The van der Waals surface area contributed by atoms with Crippen LogP contribution in [-0.2, 0) is 4.74 Å². The lowest BCUT2D eigenvalue weighted by Gasteiger charge is -2.37. The highest BCUT2D eigenvalue weighted by Crippen LogP contribution is 2.30. The van der Waals surface area contributed by atoms with Gasteiger partial charge in [-0.1, -0.05) is 35.9 Å². The number of nitrogens with zero attached hydrogens (tertiary/aromatic N) is 3. The van der Waals surface area contributed by atoms with Gasteiger partial charge in [0.1, 0.15) is 0 Å². The van der Waals surface area contributed by atoms with Gasteiger partial charge in [-0.25, -0.2) is 0 Å². The molecule has 2 unspecified atom stereocenters. The predicted molar refractivity (Wildman–Crippen MR) is 76.8 cm³/mol. The van der Waals surface area contributed by atoms with Crippen LogP contribution >= 0.6 is 11.6 Å². The maximum absolute atomic E-state index is 6.12. The zero-order chi connectivity index (χ0) is 13.4. The molecule has 0 bridgehead atoms. The third-order valence-corrected chi connectivity index (χ3v) is 3.78. The second kappa shape index (κ2) is 4.94. The van der Waals surface area contributed by atoms with Crippen molar-refractivity contribution in [2.45, 2.75) is 26.0 Å². The Bertz CT molecular complexity index is 604. The minimum absolute atomic E-state index is 0.201. The lowest BCUT2D eigenvalue weighted by molar-refractivity contribution is 0.0341. The molecule has 19 heavy (non-hydrogen) atoms. The monoisotopic (exact) mass is 277 g/mol. The van der Waals surface area contributed by atoms with E-state index >= 15 is 0 Å². The standard InChI is InChI=1S/C14H16ClN3O/c1-9-8-19-10(2)7-18(9)14-12-6-4-3-5-11(12)13(15)16-17-14/h3-6,9-10H,7-8H2,1-2H3. The molecule has 1 aliphatic heterocycles. The van der Waals surface area contributed by atoms with Crippen molar-refractivity contribution in [1.29, 1.82) is 0 Å². The van der Waals surface area contributed by atoms with Gasteiger partial charge in [-0.2, -0.15) is 0 Å². The number of fused-ring (bicyclic) bond motifs is 1. The van der Waals surface area contributed by atoms with Gasteiger partial charge < -0.3 is 9.64 Å². The van der Waals surface area contributed by atoms with Crippen LogP contribution in [0.2, 0.25) is 5.15 Å². The molecule has 1 aromatic heterocycles. The molecule has 100 valence electrons. The second-order valence-electron chi connectivity index (χ2n) is 5.01. The number of anilines is 1. The maximum Gasteiger partial charge on any atom is 0.159 e. The first kappa shape index (κ1) is 12.6. The summed E-state index contributed by atoms with van der Waals surface area (Å²) in [6, 6.07) is 8.27. The zero-order valence-electron chi connectivity index (χ0n) is 11.0. The number of aromatic nitrogens is 2. The van der Waals surface area contributed by atoms with Gasteiger partial charge in [-0.15, -0.1) is 10.2 Å². The molecule has 0 spiro atoms. The van der Waals surface area contributed by atoms with Gasteiger partial charge >= 0.3 is 0 Å². The van der Waals surface area contributed by atoms with Crippen LogP contribution in [0, 0.1) is 0 Å². The fourth-order valence-corrected chi connectivity index (χ4v) is 2.67. The highest BCUT2D eigenvalue weighted by molar-refractivity contribution is 6.34. The SMILES string of the molecule is CC1CN(c2nnc(Cl)c3ccccc23)C(C)CO1. The quantitative estimate of drug-likeness (QED) is 0.803. The number of hydrogen-bond acceptors (Lipinski definition) is 4. The fraction of sp³-hybridized carbons (Fsp3) is 0.429. The first-order valence-electron chi connectivity index (χ1n) is 6.46. The summed E-state index contributed by atoms with van der Waals surface area (Å²) in [5, 5.41) is 10.8. The summed E-state index contributed by atoms with van der Waals surface area (Å²) < 4.78 is 5.66. The average Bonchev–Trinajstić information content (AvgIpc) is 2.43. The molecule has 2 atom stereocenters. The zero-order valence-corrected chi connectivity index (χ0v) is 11.8. The van der Waals surface area contributed by atoms with Crippen LogP contribution in [0.4, 0.5) is 5.82 Å². The number of hydrogen-bond donors (Lipinski definition) is 0. The van der Waals surface area contributed by atoms with E-state index in [0.29, 0.717) is 11.8 Å². The molecule has 0 amide bonds. The Morgan fingerprint density at radius 1 is 1.21 bits per heavy atom. The van der Waals surface area contributed by atoms with Gasteiger partial charge in [-0.3, -0.25) is 0 Å². The van der Waals surface area contributed by atoms with Crippen LogP contribution in [0.3, 0.4) is 0 Å². The highest BCUT2D eigenvalue weighted by atomic mass is 35.5. The molecule has 0 saturated carbocycles. The van der Waals surface area contributed by atoms with Gasteiger partial charge in [0.05, 0.1) is 18.8 Å². The minimum atomic E-state index is 0.201. The normalized spacial score (nSPS) is 23.8. The Morgan fingerprint density at radius 2 is 1.95 bits per heavy atom. The Morgan fingerprint density at radius 3 is 2.74 bits per heavy atom. The Labute approximate surface area is 117 Å². The van der Waals surface area contributed by atoms with E-state index in [4.69, 9.17) is 16.3 Å². The molecule has 5 heteroatoms. The molecule has 0 radical (unpaired) electrons. The fourth-order valence-electron chi connectivity index (χ4n) is 2.47. The second-order valence-corrected chi connectivity index (χ2v) is 5.36. The topological polar surface area (TPSA) is 38.2 Å². The van der Waals surface area contributed by atoms with Crippen molar-refractivity contribution >= 4 is 28.2 Å². The Balaban J connectivity index is 2.12. The average molecular weight is 278 g/mol. The third-order valence-electron chi connectivity index (χ3n) is 3.50. The van der Waals surface area contributed by atoms with Gasteiger partial charge in [0.2, 0.25) is 0 Å². The van der Waals surface area contributed by atoms with Crippen molar-refractivity contribution < 1.29 is 4.74 Å². The van der Waals surface area contributed by atoms with Gasteiger partial charge in [-0.05, 0) is 13.8 Å². The smallest absolute Gasteiger partial charge is 0.159 e. The molecule has 1 aliphatic rings. The summed E-state index contributed by atoms with van der Waals surface area (Å²) in [4.78, 5) is 2.25. The van der Waals surface area contributed by atoms with E-state index in [1.807, 2.05) is 24.3 Å². The maximum atomic E-state index is 6.12. The molecule has 0 aliphatic carbocycles. The summed E-state index contributed by atoms with van der Waals surface area (Å²) in [7, 11) is 0. The van der Waals surface area contributed by atoms with Crippen molar-refractivity contribution in [3.63, 3.8) is 0 Å². The van der Waals surface area contributed by atoms with E-state index in [1.54, 1.807) is 0 Å². The Hall–Kier alpha value is -1.39. The van der Waals surface area contributed by atoms with E-state index in [0.717, 1.165) is 23.1 Å². The summed E-state index contributed by atoms with van der Waals surface area (Å²) in [5.74, 6) is 0.891. The minimum Gasteiger partial charge on any atom is -0.375 e. The van der Waals surface area contributed by atoms with E-state index in [2.05, 4.69) is 28.9 Å². The molecule has 4 nitrogen and oxygen atoms in total. The highest BCUT2D eigenvalue weighted by Gasteiger charge is 2.26. The molecule has 2 aromatic rings. The molecule has 1 fully saturated rings. The number of morpholine rings is 1. The molecular weight excluding hydrogens is 262 g/mol. The molecule has 3 rings (SSSR count). The first-order valence-corrected chi connectivity index (χ1v) is 6.84. The predicted octanol–water partition coefficient (Wildman–Crippen LogP) is 2.90. The summed E-state index contributed by atoms with van der Waals surface area (Å²) in [6.45, 7) is 5.74. The Kier molecular flexibility index (Phi) is 3.29. The van der Waals surface area contributed by atoms with Crippen molar-refractivity contribution in [2.75, 3.05) is 18.1 Å². The van der Waals surface area contributed by atoms with Crippen LogP contribution in [0.1, 0.15) is 13.8 Å². The van der Waals surface area contributed by atoms with Gasteiger partial charge in [0.25, 0.3) is 0 Å². The molecule has 1 saturated heterocycles. The summed E-state index contributed by atoms with van der Waals surface area (Å²) in [5.41, 5.74) is 0. The van der Waals surface area contributed by atoms with Crippen LogP contribution < -0.4 is 4.90 Å². The van der Waals surface area contributed by atoms with E-state index in [-0.39, 0.29) is 12.1 Å². The third kappa shape index (κ3) is 2.26. The van der Waals surface area contributed by atoms with Crippen molar-refractivity contribution in [3.05, 3.63) is 29.4 Å². The lowest BCUT2D eigenvalue weighted by Crippen LogP contribution is -2.48. The van der Waals surface area contributed by atoms with E-state index in [1.165, 1.54) is 0 Å². The number of ether oxygens (including phenoxy) is 1. The molecular formula is C14H16ClN3O. The van der Waals surface area contributed by atoms with Crippen LogP contribution in [0.5, 0.6) is 0 Å². The molecule has 1 aromatic carbocycles. The first-order chi connectivity index (χ1) is 9.16. The van der Waals surface area contributed by atoms with Crippen molar-refractivity contribution in [3.8, 4) is 0 Å². The van der Waals surface area contributed by atoms with E-state index in [9.17, 15) is 0 Å². The summed E-state index contributed by atoms with van der Waals surface area (Å²) in [6.07, 6.45) is 0.201. The van der Waals surface area contributed by atoms with Crippen LogP contribution in [0.15, 0.2) is 24.3 Å². The number of benzene rings is 1. The van der Waals surface area contributed by atoms with Gasteiger partial charge in [0.15, 0.2) is 11.0 Å².